The summed E-state index contributed by atoms with van der Waals surface area (Å²) in [5.41, 5.74) is 0. The van der Waals surface area contributed by atoms with Gasteiger partial charge in [-0.15, -0.1) is 11.8 Å². The quantitative estimate of drug-likeness (QED) is 0.822. The number of carboxylic acid groups (broad SMARTS) is 1. The van der Waals surface area contributed by atoms with E-state index in [-0.39, 0.29) is 29.7 Å². The Kier molecular flexibility index (Phi) is 6.71. The van der Waals surface area contributed by atoms with Crippen LogP contribution in [0.15, 0.2) is 0 Å². The van der Waals surface area contributed by atoms with Crippen molar-refractivity contribution in [1.29, 1.82) is 0 Å². The van der Waals surface area contributed by atoms with E-state index in [1.165, 1.54) is 4.90 Å². The zero-order valence-corrected chi connectivity index (χ0v) is 14.6. The molecule has 126 valence electrons. The van der Waals surface area contributed by atoms with E-state index in [4.69, 9.17) is 5.11 Å². The van der Waals surface area contributed by atoms with Crippen molar-refractivity contribution in [3.05, 3.63) is 0 Å². The summed E-state index contributed by atoms with van der Waals surface area (Å²) in [5.74, 6) is -1.27. The predicted molar refractivity (Wildman–Crippen MR) is 86.8 cm³/mol. The number of hydrogen-bond acceptors (Lipinski definition) is 4. The topological polar surface area (TPSA) is 77.9 Å². The molecule has 0 radical (unpaired) electrons. The van der Waals surface area contributed by atoms with Gasteiger partial charge in [-0.25, -0.2) is 0 Å². The highest BCUT2D eigenvalue weighted by Crippen LogP contribution is 2.23. The van der Waals surface area contributed by atoms with Gasteiger partial charge in [0.25, 0.3) is 0 Å². The van der Waals surface area contributed by atoms with E-state index in [2.05, 4.69) is 0 Å². The van der Waals surface area contributed by atoms with Gasteiger partial charge in [-0.2, -0.15) is 0 Å². The van der Waals surface area contributed by atoms with Crippen LogP contribution in [0.2, 0.25) is 0 Å². The predicted octanol–water partition coefficient (Wildman–Crippen LogP) is 1.30. The molecule has 1 saturated heterocycles. The van der Waals surface area contributed by atoms with E-state index >= 15 is 0 Å². The van der Waals surface area contributed by atoms with Gasteiger partial charge < -0.3 is 14.9 Å². The van der Waals surface area contributed by atoms with Crippen molar-refractivity contribution < 1.29 is 19.5 Å². The van der Waals surface area contributed by atoms with Gasteiger partial charge in [-0.05, 0) is 12.8 Å². The molecule has 6 nitrogen and oxygen atoms in total. The number of carbonyl (C=O) groups excluding carboxylic acids is 2. The Morgan fingerprint density at radius 2 is 1.95 bits per heavy atom. The first kappa shape index (κ1) is 18.8. The number of carboxylic acids is 1. The average molecular weight is 330 g/mol. The molecule has 1 heterocycles. The standard InChI is InChI=1S/C15H26N2O4S/c1-15(2,3)22-10-13(19)16(4)9-12(18)17-7-5-6-11(8-17)14(20)21/h11H,5-10H2,1-4H3,(H,20,21). The first-order chi connectivity index (χ1) is 10.1. The number of rotatable bonds is 5. The lowest BCUT2D eigenvalue weighted by Gasteiger charge is -2.32. The minimum atomic E-state index is -0.858. The van der Waals surface area contributed by atoms with Crippen LogP contribution in [0.4, 0.5) is 0 Å². The first-order valence-electron chi connectivity index (χ1n) is 7.48. The average Bonchev–Trinajstić information content (AvgIpc) is 2.43. The minimum absolute atomic E-state index is 0.00207. The van der Waals surface area contributed by atoms with Crippen molar-refractivity contribution in [3.8, 4) is 0 Å². The molecule has 1 rings (SSSR count). The van der Waals surface area contributed by atoms with Crippen molar-refractivity contribution in [2.75, 3.05) is 32.4 Å². The highest BCUT2D eigenvalue weighted by Gasteiger charge is 2.29. The van der Waals surface area contributed by atoms with Gasteiger partial charge in [0, 0.05) is 24.9 Å². The van der Waals surface area contributed by atoms with Gasteiger partial charge >= 0.3 is 5.97 Å². The van der Waals surface area contributed by atoms with E-state index in [1.807, 2.05) is 20.8 Å². The van der Waals surface area contributed by atoms with Crippen LogP contribution in [0.5, 0.6) is 0 Å². The summed E-state index contributed by atoms with van der Waals surface area (Å²) in [6.45, 7) is 6.94. The molecule has 1 fully saturated rings. The summed E-state index contributed by atoms with van der Waals surface area (Å²) in [4.78, 5) is 38.2. The molecule has 1 unspecified atom stereocenters. The lowest BCUT2D eigenvalue weighted by molar-refractivity contribution is -0.147. The summed E-state index contributed by atoms with van der Waals surface area (Å²) in [5, 5.41) is 9.05. The van der Waals surface area contributed by atoms with Gasteiger partial charge in [-0.3, -0.25) is 14.4 Å². The van der Waals surface area contributed by atoms with E-state index < -0.39 is 11.9 Å². The maximum absolute atomic E-state index is 12.2. The molecule has 7 heteroatoms. The molecule has 0 aliphatic carbocycles. The summed E-state index contributed by atoms with van der Waals surface area (Å²) < 4.78 is 0.00207. The summed E-state index contributed by atoms with van der Waals surface area (Å²) >= 11 is 1.54. The van der Waals surface area contributed by atoms with Gasteiger partial charge in [-0.1, -0.05) is 20.8 Å². The van der Waals surface area contributed by atoms with Crippen LogP contribution in [0.3, 0.4) is 0 Å². The highest BCUT2D eigenvalue weighted by atomic mass is 32.2. The number of amides is 2. The van der Waals surface area contributed by atoms with E-state index in [1.54, 1.807) is 23.7 Å². The third-order valence-corrected chi connectivity index (χ3v) is 4.81. The van der Waals surface area contributed by atoms with Gasteiger partial charge in [0.05, 0.1) is 18.2 Å². The lowest BCUT2D eigenvalue weighted by Crippen LogP contribution is -2.47. The Balaban J connectivity index is 2.46. The minimum Gasteiger partial charge on any atom is -0.481 e. The van der Waals surface area contributed by atoms with Gasteiger partial charge in [0.2, 0.25) is 11.8 Å². The maximum Gasteiger partial charge on any atom is 0.308 e. The molecule has 2 amide bonds. The number of hydrogen-bond donors (Lipinski definition) is 1. The fraction of sp³-hybridized carbons (Fsp3) is 0.800. The van der Waals surface area contributed by atoms with Crippen molar-refractivity contribution in [3.63, 3.8) is 0 Å². The molecule has 0 bridgehead atoms. The van der Waals surface area contributed by atoms with Gasteiger partial charge in [0.15, 0.2) is 0 Å². The van der Waals surface area contributed by atoms with Gasteiger partial charge in [0.1, 0.15) is 0 Å². The van der Waals surface area contributed by atoms with Crippen molar-refractivity contribution in [1.82, 2.24) is 9.80 Å². The van der Waals surface area contributed by atoms with Crippen LogP contribution >= 0.6 is 11.8 Å². The second kappa shape index (κ2) is 7.85. The molecule has 1 atom stereocenters. The number of carbonyl (C=O) groups is 3. The Morgan fingerprint density at radius 1 is 1.32 bits per heavy atom. The lowest BCUT2D eigenvalue weighted by atomic mass is 9.98. The van der Waals surface area contributed by atoms with Crippen molar-refractivity contribution >= 4 is 29.5 Å². The molecule has 1 aliphatic rings. The summed E-state index contributed by atoms with van der Waals surface area (Å²) in [6, 6.07) is 0. The van der Waals surface area contributed by atoms with Crippen LogP contribution in [0, 0.1) is 5.92 Å². The fourth-order valence-electron chi connectivity index (χ4n) is 2.18. The third-order valence-electron chi connectivity index (χ3n) is 3.55. The Labute approximate surface area is 136 Å². The SMILES string of the molecule is CN(CC(=O)N1CCCC(C(=O)O)C1)C(=O)CSC(C)(C)C. The maximum atomic E-state index is 12.2. The largest absolute Gasteiger partial charge is 0.481 e. The van der Waals surface area contributed by atoms with E-state index in [9.17, 15) is 14.4 Å². The van der Waals surface area contributed by atoms with Crippen LogP contribution in [0.1, 0.15) is 33.6 Å². The molecule has 1 aliphatic heterocycles. The highest BCUT2D eigenvalue weighted by molar-refractivity contribution is 8.01. The Bertz CT molecular complexity index is 434. The molecular formula is C15H26N2O4S. The zero-order valence-electron chi connectivity index (χ0n) is 13.8. The molecule has 0 aromatic rings. The van der Waals surface area contributed by atoms with Crippen molar-refractivity contribution in [2.45, 2.75) is 38.4 Å². The Morgan fingerprint density at radius 3 is 2.50 bits per heavy atom. The molecular weight excluding hydrogens is 304 g/mol. The number of aliphatic carboxylic acids is 1. The van der Waals surface area contributed by atoms with Crippen molar-refractivity contribution in [2.24, 2.45) is 5.92 Å². The number of thioether (sulfide) groups is 1. The van der Waals surface area contributed by atoms with Crippen LogP contribution in [0.25, 0.3) is 0 Å². The smallest absolute Gasteiger partial charge is 0.308 e. The van der Waals surface area contributed by atoms with Crippen LogP contribution < -0.4 is 0 Å². The number of likely N-dealkylation sites (tertiary alicyclic amines) is 1. The molecule has 0 spiro atoms. The summed E-state index contributed by atoms with van der Waals surface area (Å²) in [7, 11) is 1.61. The number of piperidine rings is 1. The number of nitrogens with zero attached hydrogens (tertiary/aromatic N) is 2. The summed E-state index contributed by atoms with van der Waals surface area (Å²) in [6.07, 6.45) is 1.30. The molecule has 22 heavy (non-hydrogen) atoms. The van der Waals surface area contributed by atoms with E-state index in [0.29, 0.717) is 25.1 Å². The van der Waals surface area contributed by atoms with Crippen LogP contribution in [-0.4, -0.2) is 69.9 Å². The first-order valence-corrected chi connectivity index (χ1v) is 8.47. The third kappa shape index (κ3) is 6.25. The second-order valence-corrected chi connectivity index (χ2v) is 8.47. The second-order valence-electron chi connectivity index (χ2n) is 6.67. The fourth-order valence-corrected chi connectivity index (χ4v) is 2.96. The van der Waals surface area contributed by atoms with E-state index in [0.717, 1.165) is 0 Å². The monoisotopic (exact) mass is 330 g/mol. The Hall–Kier alpha value is -1.24. The normalized spacial score (nSPS) is 18.9. The zero-order chi connectivity index (χ0) is 16.9. The molecule has 0 aromatic carbocycles. The van der Waals surface area contributed by atoms with Crippen LogP contribution in [-0.2, 0) is 14.4 Å². The molecule has 0 aromatic heterocycles. The molecule has 0 saturated carbocycles. The molecule has 1 N–H and O–H groups in total. The number of likely N-dealkylation sites (N-methyl/N-ethyl adjacent to an activating group) is 1.